The highest BCUT2D eigenvalue weighted by Gasteiger charge is 2.30. The second kappa shape index (κ2) is 7.40. The summed E-state index contributed by atoms with van der Waals surface area (Å²) < 4.78 is 0. The van der Waals surface area contributed by atoms with E-state index >= 15 is 0 Å². The molecule has 1 aromatic heterocycles. The molecule has 0 spiro atoms. The molecule has 0 saturated heterocycles. The molecular formula is C20H26N2O. The third-order valence-electron chi connectivity index (χ3n) is 5.04. The second-order valence-electron chi connectivity index (χ2n) is 6.63. The normalized spacial score (nSPS) is 21.4. The maximum Gasteiger partial charge on any atom is 0.211 e. The lowest BCUT2D eigenvalue weighted by Gasteiger charge is -2.07. The van der Waals surface area contributed by atoms with Gasteiger partial charge in [0.15, 0.2) is 0 Å². The molecular weight excluding hydrogens is 284 g/mol. The molecule has 0 aliphatic heterocycles. The topological polar surface area (TPSA) is 42.0 Å². The second-order valence-corrected chi connectivity index (χ2v) is 6.63. The summed E-state index contributed by atoms with van der Waals surface area (Å²) in [7, 11) is 0. The van der Waals surface area contributed by atoms with E-state index in [4.69, 9.17) is 0 Å². The van der Waals surface area contributed by atoms with Crippen LogP contribution in [0.1, 0.15) is 39.1 Å². The Morgan fingerprint density at radius 2 is 1.87 bits per heavy atom. The zero-order valence-corrected chi connectivity index (χ0v) is 13.7. The van der Waals surface area contributed by atoms with Crippen molar-refractivity contribution in [2.24, 2.45) is 11.8 Å². The number of benzene rings is 1. The molecule has 2 bridgehead atoms. The lowest BCUT2D eigenvalue weighted by molar-refractivity contribution is -0.105. The van der Waals surface area contributed by atoms with Crippen molar-refractivity contribution < 1.29 is 6.22 Å². The van der Waals surface area contributed by atoms with Gasteiger partial charge in [0, 0.05) is 18.9 Å². The van der Waals surface area contributed by atoms with Gasteiger partial charge in [-0.15, -0.1) is 0 Å². The van der Waals surface area contributed by atoms with Crippen molar-refractivity contribution >= 4 is 12.1 Å². The van der Waals surface area contributed by atoms with Gasteiger partial charge in [-0.3, -0.25) is 9.78 Å². The van der Waals surface area contributed by atoms with Crippen LogP contribution in [-0.2, 0) is 4.79 Å². The number of fused-ring (bicyclic) bond motifs is 2. The van der Waals surface area contributed by atoms with Crippen molar-refractivity contribution in [3.8, 4) is 11.3 Å². The summed E-state index contributed by atoms with van der Waals surface area (Å²) in [6.45, 7) is 2.02. The van der Waals surface area contributed by atoms with Gasteiger partial charge in [-0.05, 0) is 55.0 Å². The van der Waals surface area contributed by atoms with Crippen LogP contribution in [0.15, 0.2) is 42.6 Å². The van der Waals surface area contributed by atoms with Gasteiger partial charge in [-0.2, -0.15) is 0 Å². The molecule has 122 valence electrons. The number of hydrogen-bond acceptors (Lipinski definition) is 2. The summed E-state index contributed by atoms with van der Waals surface area (Å²) in [4.78, 5) is 14.7. The first-order valence-corrected chi connectivity index (χ1v) is 8.48. The number of aromatic nitrogens is 1. The van der Waals surface area contributed by atoms with Crippen LogP contribution in [-0.4, -0.2) is 11.4 Å². The summed E-state index contributed by atoms with van der Waals surface area (Å²) in [5, 5.41) is 2.64. The summed E-state index contributed by atoms with van der Waals surface area (Å²) in [6.07, 6.45) is 10.3. The van der Waals surface area contributed by atoms with E-state index in [1.165, 1.54) is 11.8 Å². The van der Waals surface area contributed by atoms with E-state index in [0.29, 0.717) is 6.41 Å². The molecule has 1 aromatic carbocycles. The molecule has 0 radical (unpaired) electrons. The molecule has 2 aliphatic carbocycles. The van der Waals surface area contributed by atoms with Crippen molar-refractivity contribution in [1.29, 1.82) is 0 Å². The Bertz CT molecular complexity index is 642. The molecule has 0 unspecified atom stereocenters. The fourth-order valence-corrected chi connectivity index (χ4v) is 3.75. The van der Waals surface area contributed by atoms with Crippen molar-refractivity contribution in [2.75, 3.05) is 5.32 Å². The number of nitrogens with zero attached hydrogens (tertiary/aromatic N) is 1. The van der Waals surface area contributed by atoms with E-state index in [1.807, 2.05) is 43.3 Å². The van der Waals surface area contributed by atoms with Gasteiger partial charge in [0.05, 0.1) is 5.69 Å². The summed E-state index contributed by atoms with van der Waals surface area (Å²) in [5.74, 6) is 2.34. The Hall–Kier alpha value is -2.16. The molecule has 1 amide bonds. The van der Waals surface area contributed by atoms with Crippen LogP contribution in [0.4, 0.5) is 5.69 Å². The minimum atomic E-state index is 0. The van der Waals surface area contributed by atoms with Crippen LogP contribution >= 0.6 is 0 Å². The largest absolute Gasteiger partial charge is 0.329 e. The van der Waals surface area contributed by atoms with Gasteiger partial charge in [0.25, 0.3) is 0 Å². The average Bonchev–Trinajstić information content (AvgIpc) is 3.24. The summed E-state index contributed by atoms with van der Waals surface area (Å²) in [5.41, 5.74) is 3.86. The predicted octanol–water partition coefficient (Wildman–Crippen LogP) is 5.07. The molecule has 1 heterocycles. The van der Waals surface area contributed by atoms with Crippen LogP contribution in [0.3, 0.4) is 0 Å². The molecule has 3 heteroatoms. The Balaban J connectivity index is 0.000000216. The number of carbonyl (C=O) groups excluding carboxylic acids is 1. The molecule has 2 saturated carbocycles. The average molecular weight is 310 g/mol. The number of anilines is 1. The Kier molecular flexibility index (Phi) is 5.06. The molecule has 3 nitrogen and oxygen atoms in total. The van der Waals surface area contributed by atoms with E-state index in [9.17, 15) is 4.79 Å². The number of pyridine rings is 1. The first-order chi connectivity index (χ1) is 11.3. The minimum Gasteiger partial charge on any atom is -0.329 e. The predicted molar refractivity (Wildman–Crippen MR) is 96.3 cm³/mol. The summed E-state index contributed by atoms with van der Waals surface area (Å²) >= 11 is 0. The Labute approximate surface area is 139 Å². The van der Waals surface area contributed by atoms with Crippen LogP contribution in [0.25, 0.3) is 11.3 Å². The Morgan fingerprint density at radius 3 is 2.39 bits per heavy atom. The van der Waals surface area contributed by atoms with E-state index < -0.39 is 0 Å². The number of nitrogens with one attached hydrogen (secondary N) is 1. The maximum absolute atomic E-state index is 10.4. The quantitative estimate of drug-likeness (QED) is 0.804. The monoisotopic (exact) mass is 310 g/mol. The zero-order chi connectivity index (χ0) is 16.1. The first kappa shape index (κ1) is 15.7. The minimum absolute atomic E-state index is 0. The number of amides is 1. The maximum atomic E-state index is 10.4. The van der Waals surface area contributed by atoms with Gasteiger partial charge in [0.1, 0.15) is 0 Å². The highest BCUT2D eigenvalue weighted by molar-refractivity contribution is 5.76. The SMILES string of the molecule is C1CC2CCC1C2.Cc1ccc(NC=O)cc1-c1ccccn1.[HH]. The Morgan fingerprint density at radius 1 is 1.13 bits per heavy atom. The molecule has 2 fully saturated rings. The van der Waals surface area contributed by atoms with Gasteiger partial charge in [-0.25, -0.2) is 0 Å². The van der Waals surface area contributed by atoms with E-state index in [-0.39, 0.29) is 1.43 Å². The van der Waals surface area contributed by atoms with Gasteiger partial charge < -0.3 is 5.32 Å². The summed E-state index contributed by atoms with van der Waals surface area (Å²) in [6, 6.07) is 11.5. The van der Waals surface area contributed by atoms with Gasteiger partial charge in [0.2, 0.25) is 6.41 Å². The molecule has 4 rings (SSSR count). The highest BCUT2D eigenvalue weighted by atomic mass is 16.1. The van der Waals surface area contributed by atoms with E-state index in [2.05, 4.69) is 10.3 Å². The van der Waals surface area contributed by atoms with E-state index in [0.717, 1.165) is 22.5 Å². The molecule has 2 aliphatic rings. The fourth-order valence-electron chi connectivity index (χ4n) is 3.75. The standard InChI is InChI=1S/C13H12N2O.C7H12.H2/c1-10-5-6-11(15-9-16)8-12(10)13-4-2-3-7-14-13;1-2-7-4-3-6(1)5-7;/h2-9H,1H3,(H,15,16);6-7H,1-5H2;1H. The van der Waals surface area contributed by atoms with Crippen molar-refractivity contribution in [2.45, 2.75) is 39.0 Å². The smallest absolute Gasteiger partial charge is 0.211 e. The van der Waals surface area contributed by atoms with Crippen LogP contribution in [0, 0.1) is 18.8 Å². The first-order valence-electron chi connectivity index (χ1n) is 8.48. The fraction of sp³-hybridized carbons (Fsp3) is 0.400. The molecule has 0 atom stereocenters. The molecule has 2 aromatic rings. The van der Waals surface area contributed by atoms with Gasteiger partial charge >= 0.3 is 0 Å². The van der Waals surface area contributed by atoms with Crippen molar-refractivity contribution in [3.05, 3.63) is 48.2 Å². The zero-order valence-electron chi connectivity index (χ0n) is 13.7. The van der Waals surface area contributed by atoms with Crippen LogP contribution in [0.2, 0.25) is 0 Å². The number of rotatable bonds is 3. The van der Waals surface area contributed by atoms with Crippen molar-refractivity contribution in [3.63, 3.8) is 0 Å². The van der Waals surface area contributed by atoms with Crippen molar-refractivity contribution in [1.82, 2.24) is 4.98 Å². The lowest BCUT2D eigenvalue weighted by atomic mass is 10.0. The number of hydrogen-bond donors (Lipinski definition) is 1. The number of aryl methyl sites for hydroxylation is 1. The van der Waals surface area contributed by atoms with Gasteiger partial charge in [-0.1, -0.05) is 37.8 Å². The van der Waals surface area contributed by atoms with Crippen LogP contribution < -0.4 is 5.32 Å². The molecule has 23 heavy (non-hydrogen) atoms. The third-order valence-corrected chi connectivity index (χ3v) is 5.04. The third kappa shape index (κ3) is 3.98. The molecule has 1 N–H and O–H groups in total. The highest BCUT2D eigenvalue weighted by Crippen LogP contribution is 2.43. The number of carbonyl (C=O) groups is 1. The van der Waals surface area contributed by atoms with E-state index in [1.54, 1.807) is 38.3 Å². The lowest BCUT2D eigenvalue weighted by Crippen LogP contribution is -1.95. The van der Waals surface area contributed by atoms with Crippen LogP contribution in [0.5, 0.6) is 0 Å².